The van der Waals surface area contributed by atoms with E-state index in [9.17, 15) is 0 Å². The zero-order valence-corrected chi connectivity index (χ0v) is 14.8. The Morgan fingerprint density at radius 2 is 1.96 bits per heavy atom. The Morgan fingerprint density at radius 1 is 1.17 bits per heavy atom. The summed E-state index contributed by atoms with van der Waals surface area (Å²) in [5.74, 6) is 1.30. The van der Waals surface area contributed by atoms with Gasteiger partial charge in [0.05, 0.1) is 16.9 Å². The van der Waals surface area contributed by atoms with Gasteiger partial charge in [-0.2, -0.15) is 0 Å². The van der Waals surface area contributed by atoms with E-state index in [0.29, 0.717) is 17.5 Å². The van der Waals surface area contributed by atoms with Gasteiger partial charge in [0.1, 0.15) is 18.1 Å². The van der Waals surface area contributed by atoms with Crippen molar-refractivity contribution in [2.75, 3.05) is 0 Å². The summed E-state index contributed by atoms with van der Waals surface area (Å²) in [4.78, 5) is 0. The number of para-hydroxylation sites is 1. The third-order valence-electron chi connectivity index (χ3n) is 3.81. The van der Waals surface area contributed by atoms with Gasteiger partial charge in [-0.15, -0.1) is 5.10 Å². The van der Waals surface area contributed by atoms with Crippen LogP contribution in [-0.4, -0.2) is 15.0 Å². The van der Waals surface area contributed by atoms with Crippen molar-refractivity contribution < 1.29 is 4.74 Å². The maximum atomic E-state index is 6.19. The van der Waals surface area contributed by atoms with Crippen LogP contribution in [0, 0.1) is 6.92 Å². The number of ether oxygens (including phenoxy) is 1. The van der Waals surface area contributed by atoms with E-state index in [-0.39, 0.29) is 0 Å². The molecule has 0 saturated heterocycles. The summed E-state index contributed by atoms with van der Waals surface area (Å²) >= 11 is 6.19. The third-order valence-corrected chi connectivity index (χ3v) is 4.13. The normalized spacial score (nSPS) is 11.0. The van der Waals surface area contributed by atoms with E-state index >= 15 is 0 Å². The Labute approximate surface area is 147 Å². The molecule has 0 amide bonds. The molecule has 1 heterocycles. The van der Waals surface area contributed by atoms with Gasteiger partial charge in [-0.05, 0) is 42.2 Å². The van der Waals surface area contributed by atoms with Crippen molar-refractivity contribution >= 4 is 11.6 Å². The van der Waals surface area contributed by atoms with Crippen molar-refractivity contribution in [1.82, 2.24) is 15.0 Å². The lowest BCUT2D eigenvalue weighted by Gasteiger charge is -2.14. The Balaban J connectivity index is 1.77. The molecule has 0 aliphatic heterocycles. The highest BCUT2D eigenvalue weighted by atomic mass is 35.5. The fourth-order valence-corrected chi connectivity index (χ4v) is 2.74. The number of aryl methyl sites for hydroxylation is 1. The van der Waals surface area contributed by atoms with Crippen LogP contribution in [0.3, 0.4) is 0 Å². The smallest absolute Gasteiger partial charge is 0.134 e. The van der Waals surface area contributed by atoms with Crippen LogP contribution in [0.5, 0.6) is 5.75 Å². The molecule has 5 heteroatoms. The van der Waals surface area contributed by atoms with Crippen LogP contribution in [0.1, 0.15) is 36.6 Å². The van der Waals surface area contributed by atoms with Gasteiger partial charge >= 0.3 is 0 Å². The maximum Gasteiger partial charge on any atom is 0.134 e. The third kappa shape index (κ3) is 3.60. The fraction of sp³-hybridized carbons (Fsp3) is 0.263. The second kappa shape index (κ2) is 7.05. The summed E-state index contributed by atoms with van der Waals surface area (Å²) in [6.45, 7) is 6.74. The minimum Gasteiger partial charge on any atom is -0.487 e. The van der Waals surface area contributed by atoms with Crippen LogP contribution >= 0.6 is 11.6 Å². The first-order valence-electron chi connectivity index (χ1n) is 7.94. The van der Waals surface area contributed by atoms with Gasteiger partial charge in [-0.25, -0.2) is 4.68 Å². The van der Waals surface area contributed by atoms with Crippen molar-refractivity contribution in [3.8, 4) is 11.4 Å². The van der Waals surface area contributed by atoms with E-state index in [0.717, 1.165) is 17.1 Å². The molecule has 0 N–H and O–H groups in total. The molecule has 0 aliphatic rings. The van der Waals surface area contributed by atoms with E-state index in [1.54, 1.807) is 4.68 Å². The number of hydrogen-bond acceptors (Lipinski definition) is 3. The molecule has 3 aromatic rings. The standard InChI is InChI=1S/C19H20ClN3O/c1-13(2)16-9-8-14(3)10-19(16)24-12-15-11-23(22-21-15)18-7-5-4-6-17(18)20/h4-11,13H,12H2,1-3H3. The monoisotopic (exact) mass is 341 g/mol. The molecule has 0 bridgehead atoms. The molecule has 2 aromatic carbocycles. The average molecular weight is 342 g/mol. The zero-order chi connectivity index (χ0) is 17.1. The Bertz CT molecular complexity index is 842. The van der Waals surface area contributed by atoms with Gasteiger partial charge in [0.15, 0.2) is 0 Å². The second-order valence-electron chi connectivity index (χ2n) is 6.09. The number of aromatic nitrogens is 3. The van der Waals surface area contributed by atoms with E-state index < -0.39 is 0 Å². The van der Waals surface area contributed by atoms with Gasteiger partial charge in [0.2, 0.25) is 0 Å². The van der Waals surface area contributed by atoms with Crippen LogP contribution in [-0.2, 0) is 6.61 Å². The second-order valence-corrected chi connectivity index (χ2v) is 6.50. The summed E-state index contributed by atoms with van der Waals surface area (Å²) in [5.41, 5.74) is 3.93. The van der Waals surface area contributed by atoms with Crippen molar-refractivity contribution in [2.24, 2.45) is 0 Å². The highest BCUT2D eigenvalue weighted by Crippen LogP contribution is 2.28. The highest BCUT2D eigenvalue weighted by molar-refractivity contribution is 6.32. The van der Waals surface area contributed by atoms with E-state index in [4.69, 9.17) is 16.3 Å². The molecule has 3 rings (SSSR count). The summed E-state index contributed by atoms with van der Waals surface area (Å²) in [7, 11) is 0. The summed E-state index contributed by atoms with van der Waals surface area (Å²) in [5, 5.41) is 8.95. The zero-order valence-electron chi connectivity index (χ0n) is 14.0. The molecule has 0 fully saturated rings. The number of hydrogen-bond donors (Lipinski definition) is 0. The molecule has 1 aromatic heterocycles. The fourth-order valence-electron chi connectivity index (χ4n) is 2.52. The van der Waals surface area contributed by atoms with Crippen molar-refractivity contribution in [3.05, 3.63) is 70.5 Å². The van der Waals surface area contributed by atoms with Gasteiger partial charge in [-0.1, -0.05) is 54.9 Å². The SMILES string of the molecule is Cc1ccc(C(C)C)c(OCc2cn(-c3ccccc3Cl)nn2)c1. The number of nitrogens with zero attached hydrogens (tertiary/aromatic N) is 3. The van der Waals surface area contributed by atoms with E-state index in [1.165, 1.54) is 11.1 Å². The van der Waals surface area contributed by atoms with Crippen molar-refractivity contribution in [1.29, 1.82) is 0 Å². The lowest BCUT2D eigenvalue weighted by molar-refractivity contribution is 0.296. The lowest BCUT2D eigenvalue weighted by Crippen LogP contribution is -2.00. The summed E-state index contributed by atoms with van der Waals surface area (Å²) in [6, 6.07) is 13.8. The van der Waals surface area contributed by atoms with Crippen molar-refractivity contribution in [2.45, 2.75) is 33.3 Å². The Morgan fingerprint density at radius 3 is 2.71 bits per heavy atom. The molecular formula is C19H20ClN3O. The molecule has 4 nitrogen and oxygen atoms in total. The molecule has 0 aliphatic carbocycles. The quantitative estimate of drug-likeness (QED) is 0.660. The predicted molar refractivity (Wildman–Crippen MR) is 96.0 cm³/mol. The molecule has 0 atom stereocenters. The first kappa shape index (κ1) is 16.5. The van der Waals surface area contributed by atoms with E-state index in [2.05, 4.69) is 49.3 Å². The van der Waals surface area contributed by atoms with Gasteiger partial charge in [0, 0.05) is 0 Å². The molecule has 124 valence electrons. The van der Waals surface area contributed by atoms with Crippen LogP contribution in [0.15, 0.2) is 48.7 Å². The maximum absolute atomic E-state index is 6.19. The van der Waals surface area contributed by atoms with E-state index in [1.807, 2.05) is 30.5 Å². The van der Waals surface area contributed by atoms with Gasteiger partial charge < -0.3 is 4.74 Å². The molecule has 0 saturated carbocycles. The van der Waals surface area contributed by atoms with Crippen molar-refractivity contribution in [3.63, 3.8) is 0 Å². The summed E-state index contributed by atoms with van der Waals surface area (Å²) in [6.07, 6.45) is 1.84. The molecule has 0 spiro atoms. The molecule has 0 unspecified atom stereocenters. The van der Waals surface area contributed by atoms with Crippen LogP contribution in [0.4, 0.5) is 0 Å². The first-order valence-corrected chi connectivity index (χ1v) is 8.32. The van der Waals surface area contributed by atoms with Gasteiger partial charge in [0.25, 0.3) is 0 Å². The summed E-state index contributed by atoms with van der Waals surface area (Å²) < 4.78 is 7.66. The number of halogens is 1. The Kier molecular flexibility index (Phi) is 4.86. The number of benzene rings is 2. The molecule has 24 heavy (non-hydrogen) atoms. The van der Waals surface area contributed by atoms with Gasteiger partial charge in [-0.3, -0.25) is 0 Å². The first-order chi connectivity index (χ1) is 11.5. The largest absolute Gasteiger partial charge is 0.487 e. The number of rotatable bonds is 5. The van der Waals surface area contributed by atoms with Crippen LogP contribution < -0.4 is 4.74 Å². The Hall–Kier alpha value is -2.33. The molecular weight excluding hydrogens is 322 g/mol. The topological polar surface area (TPSA) is 39.9 Å². The van der Waals surface area contributed by atoms with Crippen LogP contribution in [0.25, 0.3) is 5.69 Å². The highest BCUT2D eigenvalue weighted by Gasteiger charge is 2.10. The average Bonchev–Trinajstić information content (AvgIpc) is 3.02. The lowest BCUT2D eigenvalue weighted by atomic mass is 10.0. The predicted octanol–water partition coefficient (Wildman–Crippen LogP) is 4.93. The minimum atomic E-state index is 0.369. The van der Waals surface area contributed by atoms with Crippen LogP contribution in [0.2, 0.25) is 5.02 Å². The molecule has 0 radical (unpaired) electrons. The minimum absolute atomic E-state index is 0.369.